The van der Waals surface area contributed by atoms with Crippen LogP contribution in [-0.2, 0) is 19.0 Å². The van der Waals surface area contributed by atoms with Gasteiger partial charge in [0.25, 0.3) is 0 Å². The second-order valence-electron chi connectivity index (χ2n) is 4.70. The smallest absolute Gasteiger partial charge is 0.341 e. The van der Waals surface area contributed by atoms with Gasteiger partial charge >= 0.3 is 5.97 Å². The zero-order chi connectivity index (χ0) is 11.8. The van der Waals surface area contributed by atoms with Crippen LogP contribution in [-0.4, -0.2) is 37.5 Å². The third kappa shape index (κ3) is 1.47. The highest BCUT2D eigenvalue weighted by Crippen LogP contribution is 2.59. The Labute approximate surface area is 96.2 Å². The van der Waals surface area contributed by atoms with Crippen molar-refractivity contribution < 1.29 is 19.0 Å². The predicted octanol–water partition coefficient (Wildman–Crippen LogP) is 1.67. The minimum Gasteiger partial charge on any atom is -0.467 e. The first-order chi connectivity index (χ1) is 7.64. The number of rotatable bonds is 3. The van der Waals surface area contributed by atoms with Crippen molar-refractivity contribution in [2.75, 3.05) is 14.2 Å². The van der Waals surface area contributed by atoms with E-state index in [0.717, 1.165) is 25.7 Å². The minimum absolute atomic E-state index is 0.217. The molecule has 0 aromatic carbocycles. The highest BCUT2D eigenvalue weighted by Gasteiger charge is 2.74. The molecule has 0 aromatic rings. The number of carbonyl (C=O) groups is 1. The number of esters is 1. The Bertz CT molecular complexity index is 281. The van der Waals surface area contributed by atoms with Crippen LogP contribution in [0.5, 0.6) is 0 Å². The van der Waals surface area contributed by atoms with Gasteiger partial charge < -0.3 is 14.2 Å². The van der Waals surface area contributed by atoms with Crippen LogP contribution in [0.2, 0.25) is 0 Å². The van der Waals surface area contributed by atoms with E-state index in [-0.39, 0.29) is 11.6 Å². The number of ether oxygens (including phenoxy) is 3. The summed E-state index contributed by atoms with van der Waals surface area (Å²) >= 11 is 0. The molecule has 0 aromatic heterocycles. The van der Waals surface area contributed by atoms with Crippen molar-refractivity contribution in [3.05, 3.63) is 0 Å². The molecule has 1 heterocycles. The van der Waals surface area contributed by atoms with E-state index in [0.29, 0.717) is 12.5 Å². The maximum Gasteiger partial charge on any atom is 0.341 e. The lowest BCUT2D eigenvalue weighted by molar-refractivity contribution is -0.147. The number of epoxide rings is 1. The Kier molecular flexibility index (Phi) is 2.97. The van der Waals surface area contributed by atoms with Crippen LogP contribution in [0.15, 0.2) is 0 Å². The molecule has 2 fully saturated rings. The Balaban J connectivity index is 2.05. The molecule has 1 spiro atoms. The van der Waals surface area contributed by atoms with Gasteiger partial charge in [-0.25, -0.2) is 4.79 Å². The highest BCUT2D eigenvalue weighted by atomic mass is 16.7. The molecule has 1 saturated carbocycles. The highest BCUT2D eigenvalue weighted by molar-refractivity contribution is 5.84. The molecule has 1 aliphatic heterocycles. The van der Waals surface area contributed by atoms with Gasteiger partial charge in [-0.05, 0) is 32.1 Å². The van der Waals surface area contributed by atoms with Crippen molar-refractivity contribution in [1.82, 2.24) is 0 Å². The van der Waals surface area contributed by atoms with Crippen molar-refractivity contribution in [1.29, 1.82) is 0 Å². The maximum atomic E-state index is 11.8. The predicted molar refractivity (Wildman–Crippen MR) is 58.1 cm³/mol. The van der Waals surface area contributed by atoms with E-state index in [9.17, 15) is 4.79 Å². The molecule has 1 unspecified atom stereocenters. The topological polar surface area (TPSA) is 48.1 Å². The first kappa shape index (κ1) is 11.9. The molecule has 2 rings (SSSR count). The zero-order valence-corrected chi connectivity index (χ0v) is 10.2. The number of hydrogen-bond donors (Lipinski definition) is 0. The van der Waals surface area contributed by atoms with Crippen LogP contribution in [0.1, 0.15) is 39.0 Å². The van der Waals surface area contributed by atoms with E-state index >= 15 is 0 Å². The molecule has 4 nitrogen and oxygen atoms in total. The number of carbonyl (C=O) groups excluding carboxylic acids is 1. The third-order valence-corrected chi connectivity index (χ3v) is 4.15. The van der Waals surface area contributed by atoms with E-state index in [1.807, 2.05) is 6.92 Å². The van der Waals surface area contributed by atoms with Crippen LogP contribution >= 0.6 is 0 Å². The second kappa shape index (κ2) is 4.00. The summed E-state index contributed by atoms with van der Waals surface area (Å²) in [7, 11) is 3.17. The van der Waals surface area contributed by atoms with Crippen LogP contribution in [0, 0.1) is 0 Å². The Morgan fingerprint density at radius 1 is 1.38 bits per heavy atom. The summed E-state index contributed by atoms with van der Waals surface area (Å²) in [5.41, 5.74) is -0.926. The van der Waals surface area contributed by atoms with Crippen molar-refractivity contribution in [2.45, 2.75) is 56.3 Å². The fourth-order valence-electron chi connectivity index (χ4n) is 3.04. The van der Waals surface area contributed by atoms with Crippen LogP contribution in [0.3, 0.4) is 0 Å². The second-order valence-corrected chi connectivity index (χ2v) is 4.70. The monoisotopic (exact) mass is 228 g/mol. The summed E-state index contributed by atoms with van der Waals surface area (Å²) in [5.74, 6) is -0.217. The molecule has 1 saturated heterocycles. The number of hydrogen-bond acceptors (Lipinski definition) is 4. The van der Waals surface area contributed by atoms with E-state index in [2.05, 4.69) is 0 Å². The van der Waals surface area contributed by atoms with Gasteiger partial charge in [-0.15, -0.1) is 0 Å². The molecular weight excluding hydrogens is 208 g/mol. The Morgan fingerprint density at radius 3 is 2.44 bits per heavy atom. The lowest BCUT2D eigenvalue weighted by Gasteiger charge is -2.27. The number of methoxy groups -OCH3 is 2. The minimum atomic E-state index is -0.666. The summed E-state index contributed by atoms with van der Waals surface area (Å²) in [6.07, 6.45) is 4.74. The van der Waals surface area contributed by atoms with Gasteiger partial charge in [0.1, 0.15) is 5.60 Å². The summed E-state index contributed by atoms with van der Waals surface area (Å²) < 4.78 is 16.0. The Morgan fingerprint density at radius 2 is 2.00 bits per heavy atom. The van der Waals surface area contributed by atoms with Crippen LogP contribution < -0.4 is 0 Å². The first-order valence-corrected chi connectivity index (χ1v) is 5.95. The van der Waals surface area contributed by atoms with Gasteiger partial charge in [-0.3, -0.25) is 0 Å². The van der Waals surface area contributed by atoms with E-state index in [1.54, 1.807) is 7.11 Å². The molecular formula is C12H20O4. The summed E-state index contributed by atoms with van der Waals surface area (Å²) in [6, 6.07) is 0. The molecule has 1 aliphatic carbocycles. The molecule has 0 bridgehead atoms. The van der Waals surface area contributed by atoms with Gasteiger partial charge in [-0.1, -0.05) is 6.92 Å². The van der Waals surface area contributed by atoms with Crippen LogP contribution in [0.25, 0.3) is 0 Å². The average Bonchev–Trinajstić information content (AvgIpc) is 2.98. The first-order valence-electron chi connectivity index (χ1n) is 5.95. The van der Waals surface area contributed by atoms with Crippen LogP contribution in [0.4, 0.5) is 0 Å². The van der Waals surface area contributed by atoms with Gasteiger partial charge in [0.15, 0.2) is 5.60 Å². The zero-order valence-electron chi connectivity index (χ0n) is 10.2. The maximum absolute atomic E-state index is 11.8. The van der Waals surface area contributed by atoms with Gasteiger partial charge in [0.2, 0.25) is 0 Å². The lowest BCUT2D eigenvalue weighted by atomic mass is 9.78. The third-order valence-electron chi connectivity index (χ3n) is 4.15. The SMILES string of the molecule is CCC1(C(=O)OC)OC12CCC(OC)CC2. The molecule has 0 radical (unpaired) electrons. The van der Waals surface area contributed by atoms with Gasteiger partial charge in [0, 0.05) is 7.11 Å². The normalized spacial score (nSPS) is 42.1. The quantitative estimate of drug-likeness (QED) is 0.544. The largest absolute Gasteiger partial charge is 0.467 e. The fourth-order valence-corrected chi connectivity index (χ4v) is 3.04. The molecule has 4 heteroatoms. The van der Waals surface area contributed by atoms with E-state index in [1.165, 1.54) is 7.11 Å². The molecule has 0 amide bonds. The average molecular weight is 228 g/mol. The molecule has 0 N–H and O–H groups in total. The van der Waals surface area contributed by atoms with E-state index in [4.69, 9.17) is 14.2 Å². The molecule has 2 aliphatic rings. The van der Waals surface area contributed by atoms with Gasteiger partial charge in [-0.2, -0.15) is 0 Å². The van der Waals surface area contributed by atoms with Crippen molar-refractivity contribution in [3.8, 4) is 0 Å². The molecule has 16 heavy (non-hydrogen) atoms. The van der Waals surface area contributed by atoms with Crippen molar-refractivity contribution in [2.24, 2.45) is 0 Å². The summed E-state index contributed by atoms with van der Waals surface area (Å²) in [5, 5.41) is 0. The summed E-state index contributed by atoms with van der Waals surface area (Å²) in [6.45, 7) is 1.98. The summed E-state index contributed by atoms with van der Waals surface area (Å²) in [4.78, 5) is 11.8. The lowest BCUT2D eigenvalue weighted by Crippen LogP contribution is -2.38. The van der Waals surface area contributed by atoms with Crippen molar-refractivity contribution >= 4 is 5.97 Å². The standard InChI is InChI=1S/C12H20O4/c1-4-12(10(13)15-3)11(16-12)7-5-9(14-2)6-8-11/h9H,4-8H2,1-3H3. The fraction of sp³-hybridized carbons (Fsp3) is 0.917. The molecule has 1 atom stereocenters. The van der Waals surface area contributed by atoms with Gasteiger partial charge in [0.05, 0.1) is 13.2 Å². The van der Waals surface area contributed by atoms with E-state index < -0.39 is 5.60 Å². The Hall–Kier alpha value is -0.610. The van der Waals surface area contributed by atoms with Crippen molar-refractivity contribution in [3.63, 3.8) is 0 Å². The molecule has 92 valence electrons.